The first kappa shape index (κ1) is 21.3. The van der Waals surface area contributed by atoms with E-state index in [2.05, 4.69) is 20.3 Å². The standard InChI is InChI=1S/C16H25N5O5/c1-6-10(20-21-17)13-19-12(14(22)24-7-2)11(25-13)8-9-18-15(23)26-16(3,4)5/h10H,6-9H2,1-5H3,(H,18,23). The van der Waals surface area contributed by atoms with Crippen LogP contribution in [-0.2, 0) is 15.9 Å². The molecule has 0 aliphatic heterocycles. The summed E-state index contributed by atoms with van der Waals surface area (Å²) in [5, 5.41) is 6.18. The van der Waals surface area contributed by atoms with Crippen LogP contribution in [-0.4, -0.2) is 35.8 Å². The molecule has 0 spiro atoms. The molecule has 1 heterocycles. The highest BCUT2D eigenvalue weighted by Crippen LogP contribution is 2.24. The minimum absolute atomic E-state index is 0.0134. The number of nitrogens with one attached hydrogen (secondary N) is 1. The van der Waals surface area contributed by atoms with Crippen LogP contribution in [0, 0.1) is 0 Å². The molecule has 1 aromatic heterocycles. The number of carbonyl (C=O) groups excluding carboxylic acids is 2. The van der Waals surface area contributed by atoms with Crippen LogP contribution >= 0.6 is 0 Å². The van der Waals surface area contributed by atoms with E-state index >= 15 is 0 Å². The number of ether oxygens (including phenoxy) is 2. The fourth-order valence-electron chi connectivity index (χ4n) is 2.00. The highest BCUT2D eigenvalue weighted by atomic mass is 16.6. The van der Waals surface area contributed by atoms with E-state index in [0.29, 0.717) is 6.42 Å². The third-order valence-corrected chi connectivity index (χ3v) is 3.07. The van der Waals surface area contributed by atoms with Crippen molar-refractivity contribution in [1.82, 2.24) is 10.3 Å². The Morgan fingerprint density at radius 2 is 2.08 bits per heavy atom. The highest BCUT2D eigenvalue weighted by molar-refractivity contribution is 5.88. The average molecular weight is 367 g/mol. The second-order valence-corrected chi connectivity index (χ2v) is 6.35. The first-order chi connectivity index (χ1) is 12.2. The van der Waals surface area contributed by atoms with Crippen molar-refractivity contribution in [3.05, 3.63) is 27.8 Å². The van der Waals surface area contributed by atoms with Gasteiger partial charge in [0.25, 0.3) is 0 Å². The molecule has 0 aliphatic carbocycles. The Bertz CT molecular complexity index is 673. The second kappa shape index (κ2) is 9.67. The van der Waals surface area contributed by atoms with Gasteiger partial charge in [0.1, 0.15) is 17.4 Å². The largest absolute Gasteiger partial charge is 0.461 e. The monoisotopic (exact) mass is 367 g/mol. The molecule has 1 atom stereocenters. The summed E-state index contributed by atoms with van der Waals surface area (Å²) >= 11 is 0. The van der Waals surface area contributed by atoms with Crippen molar-refractivity contribution in [2.24, 2.45) is 5.11 Å². The summed E-state index contributed by atoms with van der Waals surface area (Å²) in [5.41, 5.74) is 8.04. The highest BCUT2D eigenvalue weighted by Gasteiger charge is 2.24. The van der Waals surface area contributed by atoms with E-state index in [1.807, 2.05) is 0 Å². The summed E-state index contributed by atoms with van der Waals surface area (Å²) in [6.45, 7) is 9.12. The fourth-order valence-corrected chi connectivity index (χ4v) is 2.00. The van der Waals surface area contributed by atoms with Gasteiger partial charge in [-0.3, -0.25) is 0 Å². The summed E-state index contributed by atoms with van der Waals surface area (Å²) in [4.78, 5) is 30.6. The summed E-state index contributed by atoms with van der Waals surface area (Å²) in [5.74, 6) is -0.243. The van der Waals surface area contributed by atoms with Crippen LogP contribution in [0.15, 0.2) is 9.53 Å². The molecule has 0 saturated heterocycles. The fraction of sp³-hybridized carbons (Fsp3) is 0.688. The number of carbonyl (C=O) groups is 2. The van der Waals surface area contributed by atoms with Crippen molar-refractivity contribution in [3.8, 4) is 0 Å². The van der Waals surface area contributed by atoms with Gasteiger partial charge in [-0.1, -0.05) is 12.0 Å². The normalized spacial score (nSPS) is 12.0. The van der Waals surface area contributed by atoms with E-state index in [9.17, 15) is 9.59 Å². The van der Waals surface area contributed by atoms with Crippen LogP contribution in [0.25, 0.3) is 10.4 Å². The third kappa shape index (κ3) is 6.64. The predicted molar refractivity (Wildman–Crippen MR) is 92.6 cm³/mol. The Labute approximate surface area is 151 Å². The Morgan fingerprint density at radius 3 is 2.62 bits per heavy atom. The molecule has 10 nitrogen and oxygen atoms in total. The third-order valence-electron chi connectivity index (χ3n) is 3.07. The molecule has 0 bridgehead atoms. The van der Waals surface area contributed by atoms with Crippen molar-refractivity contribution in [1.29, 1.82) is 0 Å². The van der Waals surface area contributed by atoms with Gasteiger partial charge in [-0.25, -0.2) is 14.6 Å². The number of azide groups is 1. The molecular formula is C16H25N5O5. The van der Waals surface area contributed by atoms with Crippen LogP contribution in [0.4, 0.5) is 4.79 Å². The van der Waals surface area contributed by atoms with E-state index in [4.69, 9.17) is 19.4 Å². The summed E-state index contributed by atoms with van der Waals surface area (Å²) in [6, 6.07) is -0.624. The lowest BCUT2D eigenvalue weighted by atomic mass is 10.2. The molecule has 1 unspecified atom stereocenters. The zero-order chi connectivity index (χ0) is 19.7. The predicted octanol–water partition coefficient (Wildman–Crippen LogP) is 3.68. The number of alkyl carbamates (subject to hydrolysis) is 1. The minimum atomic E-state index is -0.634. The Hall–Kier alpha value is -2.74. The summed E-state index contributed by atoms with van der Waals surface area (Å²) < 4.78 is 15.7. The van der Waals surface area contributed by atoms with E-state index < -0.39 is 23.7 Å². The Balaban J connectivity index is 2.90. The lowest BCUT2D eigenvalue weighted by Crippen LogP contribution is -2.33. The average Bonchev–Trinajstić information content (AvgIpc) is 2.95. The molecule has 0 radical (unpaired) electrons. The topological polar surface area (TPSA) is 139 Å². The molecule has 0 aliphatic rings. The Kier molecular flexibility index (Phi) is 7.92. The van der Waals surface area contributed by atoms with Crippen molar-refractivity contribution < 1.29 is 23.5 Å². The van der Waals surface area contributed by atoms with Crippen LogP contribution < -0.4 is 5.32 Å². The number of nitrogens with zero attached hydrogens (tertiary/aromatic N) is 4. The molecule has 1 N–H and O–H groups in total. The van der Waals surface area contributed by atoms with Gasteiger partial charge in [-0.2, -0.15) is 0 Å². The number of rotatable bonds is 8. The molecule has 1 amide bonds. The molecule has 26 heavy (non-hydrogen) atoms. The van der Waals surface area contributed by atoms with Crippen molar-refractivity contribution in [3.63, 3.8) is 0 Å². The van der Waals surface area contributed by atoms with E-state index in [1.54, 1.807) is 34.6 Å². The molecule has 0 aromatic carbocycles. The molecule has 0 saturated carbocycles. The number of hydrogen-bond donors (Lipinski definition) is 1. The second-order valence-electron chi connectivity index (χ2n) is 6.35. The lowest BCUT2D eigenvalue weighted by molar-refractivity contribution is 0.0516. The number of aromatic nitrogens is 1. The van der Waals surface area contributed by atoms with E-state index in [1.165, 1.54) is 0 Å². The van der Waals surface area contributed by atoms with E-state index in [0.717, 1.165) is 0 Å². The smallest absolute Gasteiger partial charge is 0.407 e. The first-order valence-electron chi connectivity index (χ1n) is 8.39. The maximum Gasteiger partial charge on any atom is 0.407 e. The molecule has 10 heteroatoms. The minimum Gasteiger partial charge on any atom is -0.461 e. The molecule has 1 rings (SSSR count). The Morgan fingerprint density at radius 1 is 1.38 bits per heavy atom. The maximum absolute atomic E-state index is 12.1. The van der Waals surface area contributed by atoms with Gasteiger partial charge in [0.05, 0.1) is 6.61 Å². The van der Waals surface area contributed by atoms with Gasteiger partial charge in [-0.15, -0.1) is 0 Å². The van der Waals surface area contributed by atoms with Gasteiger partial charge in [0.15, 0.2) is 5.69 Å². The maximum atomic E-state index is 12.1. The van der Waals surface area contributed by atoms with Gasteiger partial charge < -0.3 is 19.2 Å². The molecule has 1 aromatic rings. The van der Waals surface area contributed by atoms with Crippen LogP contribution in [0.2, 0.25) is 0 Å². The van der Waals surface area contributed by atoms with E-state index in [-0.39, 0.29) is 36.9 Å². The molecule has 0 fully saturated rings. The van der Waals surface area contributed by atoms with Crippen molar-refractivity contribution >= 4 is 12.1 Å². The number of hydrogen-bond acceptors (Lipinski definition) is 7. The zero-order valence-corrected chi connectivity index (χ0v) is 15.7. The van der Waals surface area contributed by atoms with Crippen molar-refractivity contribution in [2.45, 2.75) is 59.1 Å². The SMILES string of the molecule is CCOC(=O)c1nc(C(CC)N=[N+]=[N-])oc1CCNC(=O)OC(C)(C)C. The number of esters is 1. The summed E-state index contributed by atoms with van der Waals surface area (Å²) in [6.07, 6.45) is 0.0886. The van der Waals surface area contributed by atoms with Gasteiger partial charge in [0.2, 0.25) is 5.89 Å². The van der Waals surface area contributed by atoms with Gasteiger partial charge in [0, 0.05) is 17.9 Å². The van der Waals surface area contributed by atoms with Crippen LogP contribution in [0.1, 0.15) is 69.2 Å². The van der Waals surface area contributed by atoms with Crippen LogP contribution in [0.3, 0.4) is 0 Å². The van der Waals surface area contributed by atoms with Gasteiger partial charge >= 0.3 is 12.1 Å². The lowest BCUT2D eigenvalue weighted by Gasteiger charge is -2.19. The number of amides is 1. The quantitative estimate of drug-likeness (QED) is 0.322. The first-order valence-corrected chi connectivity index (χ1v) is 8.39. The molecule has 144 valence electrons. The van der Waals surface area contributed by atoms with Crippen LogP contribution in [0.5, 0.6) is 0 Å². The number of oxazole rings is 1. The summed E-state index contributed by atoms with van der Waals surface area (Å²) in [7, 11) is 0. The van der Waals surface area contributed by atoms with Gasteiger partial charge in [-0.05, 0) is 39.6 Å². The molecular weight excluding hydrogens is 342 g/mol. The van der Waals surface area contributed by atoms with Crippen molar-refractivity contribution in [2.75, 3.05) is 13.2 Å². The zero-order valence-electron chi connectivity index (χ0n) is 15.7.